The lowest BCUT2D eigenvalue weighted by atomic mass is 10.1. The molecule has 4 rings (SSSR count). The van der Waals surface area contributed by atoms with E-state index in [2.05, 4.69) is 5.32 Å². The number of carboxylic acid groups (broad SMARTS) is 1. The SMILES string of the molecule is C[C@@H](OC(=O)c1cn(C2CC2)c2cc(N3CCNCC3)c(F)cc2c1=O)[C@H](N)C(=O)O. The maximum absolute atomic E-state index is 15.0. The first-order valence-electron chi connectivity index (χ1n) is 10.3. The number of anilines is 1. The molecule has 0 radical (unpaired) electrons. The molecule has 1 aliphatic heterocycles. The molecule has 1 aliphatic carbocycles. The second kappa shape index (κ2) is 8.27. The summed E-state index contributed by atoms with van der Waals surface area (Å²) in [6.07, 6.45) is 2.06. The zero-order chi connectivity index (χ0) is 22.3. The van der Waals surface area contributed by atoms with Crippen molar-refractivity contribution >= 4 is 28.5 Å². The zero-order valence-electron chi connectivity index (χ0n) is 17.1. The molecule has 9 nitrogen and oxygen atoms in total. The Morgan fingerprint density at radius 1 is 1.29 bits per heavy atom. The topological polar surface area (TPSA) is 127 Å². The van der Waals surface area contributed by atoms with Crippen LogP contribution in [0.15, 0.2) is 23.1 Å². The minimum atomic E-state index is -1.42. The lowest BCUT2D eigenvalue weighted by Crippen LogP contribution is -2.44. The highest BCUT2D eigenvalue weighted by Gasteiger charge is 2.30. The first-order chi connectivity index (χ1) is 14.8. The summed E-state index contributed by atoms with van der Waals surface area (Å²) in [4.78, 5) is 38.6. The Morgan fingerprint density at radius 2 is 1.97 bits per heavy atom. The summed E-state index contributed by atoms with van der Waals surface area (Å²) in [7, 11) is 0. The number of esters is 1. The maximum Gasteiger partial charge on any atom is 0.344 e. The molecule has 10 heteroatoms. The summed E-state index contributed by atoms with van der Waals surface area (Å²) in [5.74, 6) is -2.82. The second-order valence-electron chi connectivity index (χ2n) is 8.04. The number of hydrogen-bond donors (Lipinski definition) is 3. The molecular weight excluding hydrogens is 407 g/mol. The number of pyridine rings is 1. The van der Waals surface area contributed by atoms with Crippen molar-refractivity contribution in [2.45, 2.75) is 38.0 Å². The van der Waals surface area contributed by atoms with Gasteiger partial charge in [0.05, 0.1) is 11.2 Å². The molecule has 2 aromatic rings. The van der Waals surface area contributed by atoms with Crippen LogP contribution in [0.1, 0.15) is 36.2 Å². The Balaban J connectivity index is 1.76. The molecular formula is C21H25FN4O5. The number of piperazine rings is 1. The Hall–Kier alpha value is -2.98. The summed E-state index contributed by atoms with van der Waals surface area (Å²) < 4.78 is 21.9. The van der Waals surface area contributed by atoms with Gasteiger partial charge < -0.3 is 30.4 Å². The number of benzene rings is 1. The largest absolute Gasteiger partial charge is 0.480 e. The van der Waals surface area contributed by atoms with Gasteiger partial charge in [0.25, 0.3) is 0 Å². The van der Waals surface area contributed by atoms with Crippen LogP contribution in [0, 0.1) is 5.82 Å². The number of carbonyl (C=O) groups excluding carboxylic acids is 1. The zero-order valence-corrected chi connectivity index (χ0v) is 17.1. The average molecular weight is 432 g/mol. The van der Waals surface area contributed by atoms with Gasteiger partial charge in [-0.15, -0.1) is 0 Å². The maximum atomic E-state index is 15.0. The van der Waals surface area contributed by atoms with Crippen LogP contribution in [0.3, 0.4) is 0 Å². The molecule has 1 aromatic heterocycles. The van der Waals surface area contributed by atoms with E-state index in [0.29, 0.717) is 24.3 Å². The predicted molar refractivity (Wildman–Crippen MR) is 112 cm³/mol. The van der Waals surface area contributed by atoms with Crippen molar-refractivity contribution in [2.75, 3.05) is 31.1 Å². The van der Waals surface area contributed by atoms with E-state index in [-0.39, 0.29) is 17.0 Å². The number of halogens is 1. The number of aromatic nitrogens is 1. The van der Waals surface area contributed by atoms with Crippen molar-refractivity contribution in [1.82, 2.24) is 9.88 Å². The van der Waals surface area contributed by atoms with E-state index in [1.54, 1.807) is 6.07 Å². The molecule has 0 bridgehead atoms. The van der Waals surface area contributed by atoms with Gasteiger partial charge in [0, 0.05) is 43.8 Å². The summed E-state index contributed by atoms with van der Waals surface area (Å²) in [5.41, 5.74) is 5.57. The van der Waals surface area contributed by atoms with Gasteiger partial charge in [-0.2, -0.15) is 0 Å². The second-order valence-corrected chi connectivity index (χ2v) is 8.04. The number of nitrogens with one attached hydrogen (secondary N) is 1. The smallest absolute Gasteiger partial charge is 0.344 e. The van der Waals surface area contributed by atoms with Crippen molar-refractivity contribution in [1.29, 1.82) is 0 Å². The number of hydrogen-bond acceptors (Lipinski definition) is 7. The Kier molecular flexibility index (Phi) is 5.67. The standard InChI is InChI=1S/C21H25FN4O5/c1-11(18(23)20(28)29)31-21(30)14-10-26(12-2-3-12)16-9-17(25-6-4-24-5-7-25)15(22)8-13(16)19(14)27/h8-12,18,24H,2-7,23H2,1H3,(H,28,29)/t11-,18+/m1/s1. The molecule has 0 spiro atoms. The third kappa shape index (κ3) is 4.13. The highest BCUT2D eigenvalue weighted by Crippen LogP contribution is 2.38. The summed E-state index contributed by atoms with van der Waals surface area (Å²) >= 11 is 0. The third-order valence-electron chi connectivity index (χ3n) is 5.80. The number of carboxylic acids is 1. The summed E-state index contributed by atoms with van der Waals surface area (Å²) in [5, 5.41) is 12.3. The molecule has 166 valence electrons. The van der Waals surface area contributed by atoms with Crippen molar-refractivity contribution in [3.8, 4) is 0 Å². The predicted octanol–water partition coefficient (Wildman–Crippen LogP) is 0.842. The molecule has 4 N–H and O–H groups in total. The van der Waals surface area contributed by atoms with Gasteiger partial charge in [-0.1, -0.05) is 0 Å². The molecule has 0 unspecified atom stereocenters. The number of nitrogens with zero attached hydrogens (tertiary/aromatic N) is 2. The molecule has 2 atom stereocenters. The van der Waals surface area contributed by atoms with Gasteiger partial charge in [-0.05, 0) is 31.9 Å². The molecule has 0 amide bonds. The third-order valence-corrected chi connectivity index (χ3v) is 5.80. The Bertz CT molecular complexity index is 1090. The van der Waals surface area contributed by atoms with Crippen LogP contribution in [0.4, 0.5) is 10.1 Å². The van der Waals surface area contributed by atoms with Crippen molar-refractivity contribution < 1.29 is 23.8 Å². The number of fused-ring (bicyclic) bond motifs is 1. The average Bonchev–Trinajstić information content (AvgIpc) is 3.59. The van der Waals surface area contributed by atoms with Gasteiger partial charge in [0.15, 0.2) is 0 Å². The Morgan fingerprint density at radius 3 is 2.58 bits per heavy atom. The van der Waals surface area contributed by atoms with E-state index >= 15 is 0 Å². The Labute approximate surface area is 177 Å². The minimum absolute atomic E-state index is 0.0907. The van der Waals surface area contributed by atoms with Crippen LogP contribution in [0.2, 0.25) is 0 Å². The lowest BCUT2D eigenvalue weighted by Gasteiger charge is -2.30. The van der Waals surface area contributed by atoms with Crippen LogP contribution in [-0.2, 0) is 9.53 Å². The quantitative estimate of drug-likeness (QED) is 0.573. The highest BCUT2D eigenvalue weighted by atomic mass is 19.1. The van der Waals surface area contributed by atoms with E-state index in [9.17, 15) is 18.8 Å². The summed E-state index contributed by atoms with van der Waals surface area (Å²) in [6.45, 7) is 4.14. The van der Waals surface area contributed by atoms with Crippen LogP contribution < -0.4 is 21.4 Å². The first kappa shape index (κ1) is 21.3. The normalized spacial score (nSPS) is 18.6. The fourth-order valence-electron chi connectivity index (χ4n) is 3.81. The molecule has 2 aliphatic rings. The number of rotatable bonds is 6. The number of ether oxygens (including phenoxy) is 1. The van der Waals surface area contributed by atoms with Gasteiger partial charge >= 0.3 is 11.9 Å². The fraction of sp³-hybridized carbons (Fsp3) is 0.476. The molecule has 1 saturated carbocycles. The highest BCUT2D eigenvalue weighted by molar-refractivity contribution is 5.95. The van der Waals surface area contributed by atoms with Crippen LogP contribution >= 0.6 is 0 Å². The number of carbonyl (C=O) groups is 2. The number of aliphatic carboxylic acids is 1. The molecule has 1 saturated heterocycles. The van der Waals surface area contributed by atoms with Crippen LogP contribution in [0.25, 0.3) is 10.9 Å². The van der Waals surface area contributed by atoms with Gasteiger partial charge in [0.1, 0.15) is 23.5 Å². The van der Waals surface area contributed by atoms with Crippen LogP contribution in [-0.4, -0.2) is 59.9 Å². The first-order valence-corrected chi connectivity index (χ1v) is 10.3. The van der Waals surface area contributed by atoms with Crippen molar-refractivity contribution in [3.05, 3.63) is 39.9 Å². The van der Waals surface area contributed by atoms with E-state index in [1.165, 1.54) is 19.2 Å². The van der Waals surface area contributed by atoms with E-state index < -0.39 is 35.3 Å². The lowest BCUT2D eigenvalue weighted by molar-refractivity contribution is -0.140. The van der Waals surface area contributed by atoms with Crippen molar-refractivity contribution in [3.63, 3.8) is 0 Å². The molecule has 2 fully saturated rings. The van der Waals surface area contributed by atoms with Crippen molar-refractivity contribution in [2.24, 2.45) is 5.73 Å². The molecule has 2 heterocycles. The molecule has 31 heavy (non-hydrogen) atoms. The fourth-order valence-corrected chi connectivity index (χ4v) is 3.81. The molecule has 1 aromatic carbocycles. The minimum Gasteiger partial charge on any atom is -0.480 e. The van der Waals surface area contributed by atoms with Gasteiger partial charge in [-0.25, -0.2) is 9.18 Å². The monoisotopic (exact) mass is 432 g/mol. The van der Waals surface area contributed by atoms with E-state index in [1.807, 2.05) is 9.47 Å². The van der Waals surface area contributed by atoms with Crippen LogP contribution in [0.5, 0.6) is 0 Å². The van der Waals surface area contributed by atoms with E-state index in [0.717, 1.165) is 25.9 Å². The van der Waals surface area contributed by atoms with Gasteiger partial charge in [0.2, 0.25) is 5.43 Å². The number of nitrogens with two attached hydrogens (primary N) is 1. The van der Waals surface area contributed by atoms with E-state index in [4.69, 9.17) is 15.6 Å². The summed E-state index contributed by atoms with van der Waals surface area (Å²) in [6, 6.07) is 1.54. The van der Waals surface area contributed by atoms with Gasteiger partial charge in [-0.3, -0.25) is 9.59 Å².